The molecule has 0 saturated heterocycles. The van der Waals surface area contributed by atoms with Crippen molar-refractivity contribution in [1.29, 1.82) is 0 Å². The zero-order chi connectivity index (χ0) is 17.8. The Labute approximate surface area is 148 Å². The van der Waals surface area contributed by atoms with Crippen LogP contribution in [0.15, 0.2) is 35.3 Å². The van der Waals surface area contributed by atoms with Crippen molar-refractivity contribution in [3.05, 3.63) is 35.9 Å². The molecule has 0 radical (unpaired) electrons. The molecule has 132 valence electrons. The van der Waals surface area contributed by atoms with Crippen LogP contribution in [0.3, 0.4) is 0 Å². The maximum Gasteiger partial charge on any atom is 0.412 e. The number of allylic oxidation sites excluding steroid dienone is 1. The fourth-order valence-corrected chi connectivity index (χ4v) is 4.76. The van der Waals surface area contributed by atoms with E-state index >= 15 is 0 Å². The molecule has 0 spiro atoms. The van der Waals surface area contributed by atoms with Gasteiger partial charge in [-0.2, -0.15) is 0 Å². The van der Waals surface area contributed by atoms with Crippen LogP contribution in [0.5, 0.6) is 0 Å². The van der Waals surface area contributed by atoms with E-state index in [4.69, 9.17) is 0 Å². The fourth-order valence-electron chi connectivity index (χ4n) is 4.76. The van der Waals surface area contributed by atoms with Crippen molar-refractivity contribution in [2.75, 3.05) is 16.8 Å². The van der Waals surface area contributed by atoms with Crippen LogP contribution >= 0.6 is 0 Å². The van der Waals surface area contributed by atoms with E-state index in [9.17, 15) is 9.90 Å². The standard InChI is InChI=1S/C20H25N3O2/c1-19(9-5-4-6-10-19)23(18(24)25)14-7-8-16-15(13-14)20(2)11-12-21-17(20)22(16)3/h4-5,7-8,12-13,17H,6,9-11H2,1-3H3,(H,24,25)/t17?,19?,20-/m1/s1. The number of anilines is 2. The molecular weight excluding hydrogens is 314 g/mol. The minimum atomic E-state index is -0.881. The Hall–Kier alpha value is -2.30. The minimum absolute atomic E-state index is 0.0718. The third-order valence-electron chi connectivity index (χ3n) is 6.24. The van der Waals surface area contributed by atoms with Crippen LogP contribution < -0.4 is 9.80 Å². The number of carbonyl (C=O) groups is 1. The van der Waals surface area contributed by atoms with Crippen LogP contribution in [0.25, 0.3) is 0 Å². The van der Waals surface area contributed by atoms with E-state index in [1.807, 2.05) is 19.2 Å². The number of fused-ring (bicyclic) bond motifs is 3. The van der Waals surface area contributed by atoms with Crippen LogP contribution in [0.1, 0.15) is 45.1 Å². The normalized spacial score (nSPS) is 32.6. The highest BCUT2D eigenvalue weighted by Gasteiger charge is 2.49. The summed E-state index contributed by atoms with van der Waals surface area (Å²) in [5, 5.41) is 9.96. The molecule has 2 unspecified atom stereocenters. The number of carboxylic acid groups (broad SMARTS) is 1. The van der Waals surface area contributed by atoms with Gasteiger partial charge in [0.1, 0.15) is 6.17 Å². The van der Waals surface area contributed by atoms with E-state index in [0.29, 0.717) is 0 Å². The summed E-state index contributed by atoms with van der Waals surface area (Å²) >= 11 is 0. The lowest BCUT2D eigenvalue weighted by Gasteiger charge is -2.41. The van der Waals surface area contributed by atoms with Gasteiger partial charge in [0.25, 0.3) is 0 Å². The zero-order valence-electron chi connectivity index (χ0n) is 15.1. The molecule has 3 atom stereocenters. The summed E-state index contributed by atoms with van der Waals surface area (Å²) in [4.78, 5) is 20.6. The van der Waals surface area contributed by atoms with Gasteiger partial charge in [-0.05, 0) is 56.4 Å². The van der Waals surface area contributed by atoms with Crippen LogP contribution in [0.2, 0.25) is 0 Å². The largest absolute Gasteiger partial charge is 0.465 e. The molecular formula is C20H25N3O2. The van der Waals surface area contributed by atoms with Gasteiger partial charge in [-0.15, -0.1) is 0 Å². The SMILES string of the molecule is CN1c2ccc(N(C(=O)O)C3(C)CC=CCC3)cc2[C@@]2(C)CC=NC12. The molecule has 1 aromatic rings. The lowest BCUT2D eigenvalue weighted by atomic mass is 9.80. The van der Waals surface area contributed by atoms with E-state index in [-0.39, 0.29) is 11.6 Å². The molecule has 1 aromatic carbocycles. The van der Waals surface area contributed by atoms with Gasteiger partial charge in [0.2, 0.25) is 0 Å². The van der Waals surface area contributed by atoms with Gasteiger partial charge in [-0.25, -0.2) is 4.79 Å². The van der Waals surface area contributed by atoms with Gasteiger partial charge in [-0.1, -0.05) is 19.1 Å². The number of hydrogen-bond donors (Lipinski definition) is 1. The van der Waals surface area contributed by atoms with E-state index in [0.717, 1.165) is 37.1 Å². The maximum absolute atomic E-state index is 12.1. The summed E-state index contributed by atoms with van der Waals surface area (Å²) in [6.07, 6.45) is 8.88. The van der Waals surface area contributed by atoms with Crippen molar-refractivity contribution in [3.8, 4) is 0 Å². The highest BCUT2D eigenvalue weighted by atomic mass is 16.4. The third-order valence-corrected chi connectivity index (χ3v) is 6.24. The summed E-state index contributed by atoms with van der Waals surface area (Å²) < 4.78 is 0. The molecule has 5 nitrogen and oxygen atoms in total. The van der Waals surface area contributed by atoms with E-state index < -0.39 is 11.6 Å². The molecule has 0 fully saturated rings. The van der Waals surface area contributed by atoms with Crippen molar-refractivity contribution < 1.29 is 9.90 Å². The first-order valence-electron chi connectivity index (χ1n) is 8.94. The molecule has 3 aliphatic rings. The lowest BCUT2D eigenvalue weighted by molar-refractivity contribution is 0.191. The summed E-state index contributed by atoms with van der Waals surface area (Å²) in [7, 11) is 2.07. The molecule has 0 saturated carbocycles. The average Bonchev–Trinajstić information content (AvgIpc) is 3.05. The van der Waals surface area contributed by atoms with Gasteiger partial charge in [-0.3, -0.25) is 9.89 Å². The maximum atomic E-state index is 12.1. The molecule has 2 aliphatic heterocycles. The van der Waals surface area contributed by atoms with Gasteiger partial charge < -0.3 is 10.0 Å². The number of benzene rings is 1. The van der Waals surface area contributed by atoms with Crippen molar-refractivity contribution in [2.24, 2.45) is 4.99 Å². The van der Waals surface area contributed by atoms with Gasteiger partial charge >= 0.3 is 6.09 Å². The average molecular weight is 339 g/mol. The highest BCUT2D eigenvalue weighted by molar-refractivity contribution is 5.89. The topological polar surface area (TPSA) is 56.1 Å². The Morgan fingerprint density at radius 2 is 2.12 bits per heavy atom. The van der Waals surface area contributed by atoms with Gasteiger partial charge in [0.15, 0.2) is 0 Å². The second kappa shape index (κ2) is 5.35. The first kappa shape index (κ1) is 16.2. The molecule has 25 heavy (non-hydrogen) atoms. The highest BCUT2D eigenvalue weighted by Crippen LogP contribution is 2.50. The van der Waals surface area contributed by atoms with Crippen molar-refractivity contribution in [1.82, 2.24) is 0 Å². The van der Waals surface area contributed by atoms with Crippen molar-refractivity contribution in [2.45, 2.75) is 56.7 Å². The molecule has 0 aromatic heterocycles. The van der Waals surface area contributed by atoms with Gasteiger partial charge in [0.05, 0.1) is 5.54 Å². The Bertz CT molecular complexity index is 787. The van der Waals surface area contributed by atoms with Crippen LogP contribution in [0, 0.1) is 0 Å². The smallest absolute Gasteiger partial charge is 0.412 e. The third kappa shape index (κ3) is 2.21. The second-order valence-electron chi connectivity index (χ2n) is 7.97. The summed E-state index contributed by atoms with van der Waals surface area (Å²) in [6.45, 7) is 4.28. The lowest BCUT2D eigenvalue weighted by Crippen LogP contribution is -2.50. The first-order chi connectivity index (χ1) is 11.9. The van der Waals surface area contributed by atoms with Crippen molar-refractivity contribution >= 4 is 23.7 Å². The molecule has 4 rings (SSSR count). The zero-order valence-corrected chi connectivity index (χ0v) is 15.1. The number of amides is 1. The molecule has 1 N–H and O–H groups in total. The summed E-state index contributed by atoms with van der Waals surface area (Å²) in [5.41, 5.74) is 2.67. The minimum Gasteiger partial charge on any atom is -0.465 e. The number of hydrogen-bond acceptors (Lipinski definition) is 3. The molecule has 0 bridgehead atoms. The summed E-state index contributed by atoms with van der Waals surface area (Å²) in [6, 6.07) is 6.08. The predicted molar refractivity (Wildman–Crippen MR) is 101 cm³/mol. The number of likely N-dealkylation sites (N-methyl/N-ethyl adjacent to an activating group) is 1. The Morgan fingerprint density at radius 3 is 2.80 bits per heavy atom. The van der Waals surface area contributed by atoms with E-state index in [1.165, 1.54) is 5.56 Å². The molecule has 5 heteroatoms. The number of rotatable bonds is 2. The first-order valence-corrected chi connectivity index (χ1v) is 8.94. The number of nitrogens with zero attached hydrogens (tertiary/aromatic N) is 3. The summed E-state index contributed by atoms with van der Waals surface area (Å²) in [5.74, 6) is 0. The van der Waals surface area contributed by atoms with Gasteiger partial charge in [0, 0.05) is 30.1 Å². The van der Waals surface area contributed by atoms with Crippen LogP contribution in [-0.2, 0) is 5.41 Å². The van der Waals surface area contributed by atoms with Crippen LogP contribution in [-0.4, -0.2) is 36.2 Å². The van der Waals surface area contributed by atoms with E-state index in [1.54, 1.807) is 4.90 Å². The molecule has 2 heterocycles. The molecule has 1 amide bonds. The Balaban J connectivity index is 1.79. The predicted octanol–water partition coefficient (Wildman–Crippen LogP) is 4.18. The monoisotopic (exact) mass is 339 g/mol. The Morgan fingerprint density at radius 1 is 1.32 bits per heavy atom. The van der Waals surface area contributed by atoms with E-state index in [2.05, 4.69) is 48.1 Å². The number of aliphatic imine (C=N–C) groups is 1. The van der Waals surface area contributed by atoms with Crippen LogP contribution in [0.4, 0.5) is 16.2 Å². The second-order valence-corrected chi connectivity index (χ2v) is 7.97. The fraction of sp³-hybridized carbons (Fsp3) is 0.500. The Kier molecular flexibility index (Phi) is 3.46. The van der Waals surface area contributed by atoms with Crippen molar-refractivity contribution in [3.63, 3.8) is 0 Å². The quantitative estimate of drug-likeness (QED) is 0.823. The molecule has 1 aliphatic carbocycles.